The lowest BCUT2D eigenvalue weighted by Crippen LogP contribution is -2.04. The van der Waals surface area contributed by atoms with Gasteiger partial charge in [0.25, 0.3) is 0 Å². The second kappa shape index (κ2) is 6.39. The van der Waals surface area contributed by atoms with Gasteiger partial charge in [-0.2, -0.15) is 0 Å². The lowest BCUT2D eigenvalue weighted by molar-refractivity contribution is -0.112. The molecule has 0 amide bonds. The van der Waals surface area contributed by atoms with Crippen LogP contribution in [0, 0.1) is 13.8 Å². The minimum atomic E-state index is -0.102. The summed E-state index contributed by atoms with van der Waals surface area (Å²) in [5.41, 5.74) is 3.69. The number of carbonyl (C=O) groups excluding carboxylic acids is 2. The van der Waals surface area contributed by atoms with E-state index in [1.54, 1.807) is 37.3 Å². The Morgan fingerprint density at radius 2 is 1.73 bits per heavy atom. The van der Waals surface area contributed by atoms with Gasteiger partial charge in [-0.15, -0.1) is 0 Å². The maximum atomic E-state index is 12.6. The summed E-state index contributed by atoms with van der Waals surface area (Å²) >= 11 is 0. The van der Waals surface area contributed by atoms with Crippen LogP contribution in [0.25, 0.3) is 6.08 Å². The molecule has 0 fully saturated rings. The van der Waals surface area contributed by atoms with Gasteiger partial charge in [0.1, 0.15) is 5.75 Å². The second-order valence-electron chi connectivity index (χ2n) is 5.34. The number of carbonyl (C=O) groups is 2. The van der Waals surface area contributed by atoms with E-state index in [-0.39, 0.29) is 17.3 Å². The quantitative estimate of drug-likeness (QED) is 0.688. The van der Waals surface area contributed by atoms with Crippen molar-refractivity contribution in [3.63, 3.8) is 0 Å². The largest absolute Gasteiger partial charge is 0.508 e. The minimum Gasteiger partial charge on any atom is -0.508 e. The fraction of sp³-hybridized carbons (Fsp3) is 0.158. The molecule has 0 radical (unpaired) electrons. The molecule has 0 saturated carbocycles. The first kappa shape index (κ1) is 15.7. The van der Waals surface area contributed by atoms with Crippen molar-refractivity contribution in [3.8, 4) is 5.75 Å². The summed E-state index contributed by atoms with van der Waals surface area (Å²) in [7, 11) is 0. The number of aryl methyl sites for hydroxylation is 2. The molecule has 1 N–H and O–H groups in total. The smallest absolute Gasteiger partial charge is 0.193 e. The van der Waals surface area contributed by atoms with Gasteiger partial charge < -0.3 is 5.11 Å². The van der Waals surface area contributed by atoms with Crippen LogP contribution in [0.4, 0.5) is 0 Å². The third-order valence-corrected chi connectivity index (χ3v) is 3.49. The van der Waals surface area contributed by atoms with Gasteiger partial charge in [-0.05, 0) is 67.8 Å². The second-order valence-corrected chi connectivity index (χ2v) is 5.34. The zero-order chi connectivity index (χ0) is 16.3. The van der Waals surface area contributed by atoms with Crippen molar-refractivity contribution in [3.05, 3.63) is 70.3 Å². The molecule has 22 heavy (non-hydrogen) atoms. The zero-order valence-electron chi connectivity index (χ0n) is 12.9. The first-order chi connectivity index (χ1) is 10.4. The van der Waals surface area contributed by atoms with E-state index >= 15 is 0 Å². The highest BCUT2D eigenvalue weighted by Crippen LogP contribution is 2.21. The van der Waals surface area contributed by atoms with Crippen molar-refractivity contribution in [1.82, 2.24) is 0 Å². The Bertz CT molecular complexity index is 770. The molecule has 2 rings (SSSR count). The van der Waals surface area contributed by atoms with E-state index in [1.165, 1.54) is 19.1 Å². The predicted octanol–water partition coefficient (Wildman–Crippen LogP) is 3.84. The molecule has 112 valence electrons. The van der Waals surface area contributed by atoms with Gasteiger partial charge in [0.05, 0.1) is 0 Å². The molecular formula is C19H18O3. The van der Waals surface area contributed by atoms with Gasteiger partial charge in [-0.25, -0.2) is 0 Å². The molecule has 0 aliphatic rings. The summed E-state index contributed by atoms with van der Waals surface area (Å²) in [4.78, 5) is 23.7. The third kappa shape index (κ3) is 3.50. The van der Waals surface area contributed by atoms with Crippen LogP contribution in [0.2, 0.25) is 0 Å². The van der Waals surface area contributed by atoms with Crippen molar-refractivity contribution in [2.24, 2.45) is 0 Å². The molecule has 2 aromatic rings. The molecule has 3 heteroatoms. The monoisotopic (exact) mass is 294 g/mol. The molecule has 0 unspecified atom stereocenters. The van der Waals surface area contributed by atoms with Crippen LogP contribution >= 0.6 is 0 Å². The molecule has 0 atom stereocenters. The van der Waals surface area contributed by atoms with Crippen LogP contribution in [0.3, 0.4) is 0 Å². The first-order valence-electron chi connectivity index (χ1n) is 7.02. The third-order valence-electron chi connectivity index (χ3n) is 3.49. The number of benzene rings is 2. The Morgan fingerprint density at radius 3 is 2.36 bits per heavy atom. The van der Waals surface area contributed by atoms with E-state index in [4.69, 9.17) is 0 Å². The summed E-state index contributed by atoms with van der Waals surface area (Å²) in [6, 6.07) is 10.1. The van der Waals surface area contributed by atoms with E-state index in [9.17, 15) is 14.7 Å². The van der Waals surface area contributed by atoms with Crippen molar-refractivity contribution >= 4 is 17.6 Å². The highest BCUT2D eigenvalue weighted by Gasteiger charge is 2.13. The fourth-order valence-corrected chi connectivity index (χ4v) is 2.23. The molecule has 3 nitrogen and oxygen atoms in total. The van der Waals surface area contributed by atoms with Crippen LogP contribution in [-0.4, -0.2) is 16.7 Å². The molecule has 0 aromatic heterocycles. The van der Waals surface area contributed by atoms with Crippen molar-refractivity contribution in [1.29, 1.82) is 0 Å². The number of allylic oxidation sites excluding steroid dienone is 1. The SMILES string of the molecule is CC(=O)/C=C\c1cc(C(=O)c2ccc(O)cc2C)ccc1C. The van der Waals surface area contributed by atoms with Crippen LogP contribution < -0.4 is 0 Å². The predicted molar refractivity (Wildman–Crippen MR) is 87.2 cm³/mol. The summed E-state index contributed by atoms with van der Waals surface area (Å²) < 4.78 is 0. The number of aromatic hydroxyl groups is 1. The number of phenolic OH excluding ortho intramolecular Hbond substituents is 1. The molecule has 0 spiro atoms. The Balaban J connectivity index is 2.42. The molecule has 0 aliphatic heterocycles. The molecule has 0 aliphatic carbocycles. The highest BCUT2D eigenvalue weighted by molar-refractivity contribution is 6.10. The topological polar surface area (TPSA) is 54.4 Å². The van der Waals surface area contributed by atoms with Crippen LogP contribution in [0.1, 0.15) is 39.5 Å². The van der Waals surface area contributed by atoms with Gasteiger partial charge >= 0.3 is 0 Å². The van der Waals surface area contributed by atoms with Gasteiger partial charge in [-0.3, -0.25) is 9.59 Å². The lowest BCUT2D eigenvalue weighted by atomic mass is 9.96. The van der Waals surface area contributed by atoms with E-state index in [0.29, 0.717) is 11.1 Å². The zero-order valence-corrected chi connectivity index (χ0v) is 12.9. The van der Waals surface area contributed by atoms with Crippen molar-refractivity contribution in [2.45, 2.75) is 20.8 Å². The van der Waals surface area contributed by atoms with E-state index in [1.807, 2.05) is 13.0 Å². The number of rotatable bonds is 4. The van der Waals surface area contributed by atoms with E-state index in [2.05, 4.69) is 0 Å². The Morgan fingerprint density at radius 1 is 1.00 bits per heavy atom. The fourth-order valence-electron chi connectivity index (χ4n) is 2.23. The summed E-state index contributed by atoms with van der Waals surface area (Å²) in [6.07, 6.45) is 3.21. The van der Waals surface area contributed by atoms with Gasteiger partial charge in [-0.1, -0.05) is 18.2 Å². The number of hydrogen-bond acceptors (Lipinski definition) is 3. The average Bonchev–Trinajstić information content (AvgIpc) is 2.45. The maximum absolute atomic E-state index is 12.6. The van der Waals surface area contributed by atoms with Crippen molar-refractivity contribution in [2.75, 3.05) is 0 Å². The number of ketones is 2. The normalized spacial score (nSPS) is 10.9. The summed E-state index contributed by atoms with van der Waals surface area (Å²) in [5.74, 6) is 0.00326. The molecule has 0 heterocycles. The highest BCUT2D eigenvalue weighted by atomic mass is 16.3. The van der Waals surface area contributed by atoms with Crippen LogP contribution in [0.5, 0.6) is 5.75 Å². The Kier molecular flexibility index (Phi) is 4.56. The molecule has 2 aromatic carbocycles. The van der Waals surface area contributed by atoms with Gasteiger partial charge in [0, 0.05) is 11.1 Å². The van der Waals surface area contributed by atoms with E-state index < -0.39 is 0 Å². The van der Waals surface area contributed by atoms with Crippen LogP contribution in [-0.2, 0) is 4.79 Å². The van der Waals surface area contributed by atoms with Gasteiger partial charge in [0.2, 0.25) is 0 Å². The van der Waals surface area contributed by atoms with Gasteiger partial charge in [0.15, 0.2) is 11.6 Å². The maximum Gasteiger partial charge on any atom is 0.193 e. The molecular weight excluding hydrogens is 276 g/mol. The lowest BCUT2D eigenvalue weighted by Gasteiger charge is -2.08. The standard InChI is InChI=1S/C19H18O3/c1-12-4-6-16(11-15(12)7-5-14(3)20)19(22)18-9-8-17(21)10-13(18)2/h4-11,21H,1-3H3/b7-5-. The minimum absolute atomic E-state index is 0.0366. The summed E-state index contributed by atoms with van der Waals surface area (Å²) in [6.45, 7) is 5.21. The van der Waals surface area contributed by atoms with E-state index in [0.717, 1.165) is 16.7 Å². The van der Waals surface area contributed by atoms with Crippen LogP contribution in [0.15, 0.2) is 42.5 Å². The number of phenols is 1. The Labute approximate surface area is 129 Å². The first-order valence-corrected chi connectivity index (χ1v) is 7.02. The van der Waals surface area contributed by atoms with Crippen molar-refractivity contribution < 1.29 is 14.7 Å². The molecule has 0 bridgehead atoms. The molecule has 0 saturated heterocycles. The number of hydrogen-bond donors (Lipinski definition) is 1. The average molecular weight is 294 g/mol. The summed E-state index contributed by atoms with van der Waals surface area (Å²) in [5, 5.41) is 9.44. The Hall–Kier alpha value is -2.68.